The molecule has 3 heteroatoms. The molecule has 0 aromatic heterocycles. The number of fused-ring (bicyclic) bond motifs is 4. The van der Waals surface area contributed by atoms with E-state index in [1.165, 1.54) is 6.07 Å². The van der Waals surface area contributed by atoms with Crippen molar-refractivity contribution in [1.82, 2.24) is 0 Å². The molecular formula is C17H11FO2. The fraction of sp³-hybridized carbons (Fsp3) is 0.118. The third-order valence-electron chi connectivity index (χ3n) is 3.89. The molecule has 0 saturated carbocycles. The van der Waals surface area contributed by atoms with Crippen molar-refractivity contribution in [2.75, 3.05) is 0 Å². The Labute approximate surface area is 115 Å². The average molecular weight is 266 g/mol. The first-order chi connectivity index (χ1) is 9.75. The zero-order valence-corrected chi connectivity index (χ0v) is 10.5. The average Bonchev–Trinajstić information content (AvgIpc) is 2.48. The molecule has 20 heavy (non-hydrogen) atoms. The molecule has 2 nitrogen and oxygen atoms in total. The van der Waals surface area contributed by atoms with Crippen LogP contribution in [0.4, 0.5) is 4.39 Å². The fourth-order valence-corrected chi connectivity index (χ4v) is 2.96. The van der Waals surface area contributed by atoms with Gasteiger partial charge in [-0.1, -0.05) is 36.4 Å². The number of rotatable bonds is 0. The van der Waals surface area contributed by atoms with E-state index in [9.17, 15) is 9.18 Å². The smallest absolute Gasteiger partial charge is 0.178 e. The van der Waals surface area contributed by atoms with E-state index in [0.29, 0.717) is 5.56 Å². The van der Waals surface area contributed by atoms with Crippen LogP contribution in [-0.2, 0) is 0 Å². The Hall–Kier alpha value is -2.42. The highest BCUT2D eigenvalue weighted by atomic mass is 19.1. The van der Waals surface area contributed by atoms with Gasteiger partial charge in [0.2, 0.25) is 0 Å². The van der Waals surface area contributed by atoms with Gasteiger partial charge in [-0.05, 0) is 29.3 Å². The van der Waals surface area contributed by atoms with Crippen LogP contribution in [0.2, 0.25) is 0 Å². The molecule has 0 fully saturated rings. The number of benzene rings is 2. The van der Waals surface area contributed by atoms with E-state index in [1.807, 2.05) is 36.4 Å². The molecule has 2 aliphatic rings. The van der Waals surface area contributed by atoms with Gasteiger partial charge in [-0.25, -0.2) is 4.39 Å². The van der Waals surface area contributed by atoms with E-state index in [2.05, 4.69) is 0 Å². The standard InChI is InChI=1S/C17H11FO2/c18-13-7-3-6-12-16(19)15-11-5-2-1-4-10(11)8-9-14(15)20-17(12)13/h1-9,14-15H. The van der Waals surface area contributed by atoms with Crippen LogP contribution >= 0.6 is 0 Å². The topological polar surface area (TPSA) is 26.3 Å². The number of ether oxygens (including phenoxy) is 1. The molecule has 1 aliphatic carbocycles. The maximum Gasteiger partial charge on any atom is 0.178 e. The van der Waals surface area contributed by atoms with Crippen molar-refractivity contribution in [3.63, 3.8) is 0 Å². The number of carbonyl (C=O) groups excluding carboxylic acids is 1. The summed E-state index contributed by atoms with van der Waals surface area (Å²) in [6.07, 6.45) is 3.33. The fourth-order valence-electron chi connectivity index (χ4n) is 2.96. The van der Waals surface area contributed by atoms with Gasteiger partial charge >= 0.3 is 0 Å². The molecular weight excluding hydrogens is 255 g/mol. The van der Waals surface area contributed by atoms with Crippen LogP contribution in [0.1, 0.15) is 27.4 Å². The molecule has 2 aromatic rings. The predicted molar refractivity (Wildman–Crippen MR) is 73.4 cm³/mol. The predicted octanol–water partition coefficient (Wildman–Crippen LogP) is 3.58. The lowest BCUT2D eigenvalue weighted by atomic mass is 9.78. The number of hydrogen-bond donors (Lipinski definition) is 0. The lowest BCUT2D eigenvalue weighted by molar-refractivity contribution is 0.0831. The Kier molecular flexibility index (Phi) is 2.30. The summed E-state index contributed by atoms with van der Waals surface area (Å²) in [5.74, 6) is -0.873. The molecule has 2 unspecified atom stereocenters. The van der Waals surface area contributed by atoms with E-state index in [1.54, 1.807) is 12.1 Å². The second kappa shape index (κ2) is 4.04. The molecule has 0 amide bonds. The van der Waals surface area contributed by atoms with Crippen LogP contribution in [0.15, 0.2) is 48.5 Å². The van der Waals surface area contributed by atoms with Crippen molar-refractivity contribution in [2.45, 2.75) is 12.0 Å². The second-order valence-electron chi connectivity index (χ2n) is 5.03. The molecule has 0 spiro atoms. The van der Waals surface area contributed by atoms with Crippen molar-refractivity contribution in [3.8, 4) is 5.75 Å². The largest absolute Gasteiger partial charge is 0.481 e. The highest BCUT2D eigenvalue weighted by Gasteiger charge is 2.40. The molecule has 98 valence electrons. The van der Waals surface area contributed by atoms with E-state index in [0.717, 1.165) is 11.1 Å². The van der Waals surface area contributed by atoms with Gasteiger partial charge in [-0.2, -0.15) is 0 Å². The van der Waals surface area contributed by atoms with Crippen LogP contribution in [0.5, 0.6) is 5.75 Å². The Morgan fingerprint density at radius 2 is 1.90 bits per heavy atom. The first kappa shape index (κ1) is 11.4. The Morgan fingerprint density at radius 3 is 2.80 bits per heavy atom. The lowest BCUT2D eigenvalue weighted by Gasteiger charge is -2.34. The zero-order valence-electron chi connectivity index (χ0n) is 10.5. The molecule has 0 radical (unpaired) electrons. The minimum Gasteiger partial charge on any atom is -0.481 e. The van der Waals surface area contributed by atoms with Crippen LogP contribution < -0.4 is 4.74 Å². The molecule has 1 heterocycles. The molecule has 2 aromatic carbocycles. The SMILES string of the molecule is O=C1c2cccc(F)c2OC2C=Cc3ccccc3C12. The molecule has 0 saturated heterocycles. The van der Waals surface area contributed by atoms with Crippen LogP contribution in [0, 0.1) is 5.82 Å². The summed E-state index contributed by atoms with van der Waals surface area (Å²) in [5.41, 5.74) is 2.29. The van der Waals surface area contributed by atoms with Crippen molar-refractivity contribution >= 4 is 11.9 Å². The van der Waals surface area contributed by atoms with Gasteiger partial charge < -0.3 is 4.74 Å². The minimum atomic E-state index is -0.485. The Balaban J connectivity index is 1.91. The summed E-state index contributed by atoms with van der Waals surface area (Å²) in [7, 11) is 0. The molecule has 1 aliphatic heterocycles. The number of para-hydroxylation sites is 1. The minimum absolute atomic E-state index is 0.0720. The third kappa shape index (κ3) is 1.46. The monoisotopic (exact) mass is 266 g/mol. The lowest BCUT2D eigenvalue weighted by Crippen LogP contribution is -2.36. The van der Waals surface area contributed by atoms with Crippen molar-refractivity contribution in [1.29, 1.82) is 0 Å². The van der Waals surface area contributed by atoms with E-state index in [4.69, 9.17) is 4.74 Å². The maximum atomic E-state index is 13.8. The number of halogens is 1. The summed E-state index contributed by atoms with van der Waals surface area (Å²) in [5, 5.41) is 0. The summed E-state index contributed by atoms with van der Waals surface area (Å²) in [6, 6.07) is 12.2. The number of carbonyl (C=O) groups is 1. The van der Waals surface area contributed by atoms with Crippen LogP contribution in [0.3, 0.4) is 0 Å². The second-order valence-corrected chi connectivity index (χ2v) is 5.03. The highest BCUT2D eigenvalue weighted by molar-refractivity contribution is 6.05. The van der Waals surface area contributed by atoms with Crippen molar-refractivity contribution in [3.05, 3.63) is 71.0 Å². The Bertz CT molecular complexity index is 748. The van der Waals surface area contributed by atoms with Gasteiger partial charge in [0, 0.05) is 0 Å². The summed E-state index contributed by atoms with van der Waals surface area (Å²) >= 11 is 0. The van der Waals surface area contributed by atoms with Crippen molar-refractivity contribution in [2.24, 2.45) is 0 Å². The quantitative estimate of drug-likeness (QED) is 0.728. The maximum absolute atomic E-state index is 13.8. The molecule has 0 bridgehead atoms. The number of Topliss-reactive ketones (excluding diaryl/α,β-unsaturated/α-hetero) is 1. The van der Waals surface area contributed by atoms with Gasteiger partial charge in [0.25, 0.3) is 0 Å². The van der Waals surface area contributed by atoms with Gasteiger partial charge in [0.05, 0.1) is 11.5 Å². The Morgan fingerprint density at radius 1 is 1.05 bits per heavy atom. The first-order valence-corrected chi connectivity index (χ1v) is 6.52. The van der Waals surface area contributed by atoms with Gasteiger partial charge in [-0.3, -0.25) is 4.79 Å². The van der Waals surface area contributed by atoms with Crippen LogP contribution in [-0.4, -0.2) is 11.9 Å². The zero-order chi connectivity index (χ0) is 13.7. The third-order valence-corrected chi connectivity index (χ3v) is 3.89. The molecule has 0 N–H and O–H groups in total. The van der Waals surface area contributed by atoms with E-state index < -0.39 is 11.9 Å². The van der Waals surface area contributed by atoms with E-state index in [-0.39, 0.29) is 17.5 Å². The summed E-state index contributed by atoms with van der Waals surface area (Å²) in [4.78, 5) is 12.7. The van der Waals surface area contributed by atoms with E-state index >= 15 is 0 Å². The number of ketones is 1. The van der Waals surface area contributed by atoms with Gasteiger partial charge in [-0.15, -0.1) is 0 Å². The summed E-state index contributed by atoms with van der Waals surface area (Å²) in [6.45, 7) is 0. The van der Waals surface area contributed by atoms with Gasteiger partial charge in [0.15, 0.2) is 17.3 Å². The van der Waals surface area contributed by atoms with Gasteiger partial charge in [0.1, 0.15) is 6.10 Å². The number of hydrogen-bond acceptors (Lipinski definition) is 2. The van der Waals surface area contributed by atoms with Crippen molar-refractivity contribution < 1.29 is 13.9 Å². The first-order valence-electron chi connectivity index (χ1n) is 6.52. The molecule has 4 rings (SSSR count). The highest BCUT2D eigenvalue weighted by Crippen LogP contribution is 2.41. The molecule has 2 atom stereocenters. The van der Waals surface area contributed by atoms with Crippen LogP contribution in [0.25, 0.3) is 6.08 Å². The normalized spacial score (nSPS) is 22.6. The summed E-state index contributed by atoms with van der Waals surface area (Å²) < 4.78 is 19.5.